The highest BCUT2D eigenvalue weighted by Gasteiger charge is 2.09. The van der Waals surface area contributed by atoms with Crippen LogP contribution in [0.4, 0.5) is 0 Å². The summed E-state index contributed by atoms with van der Waals surface area (Å²) in [5.74, 6) is -0.137. The van der Waals surface area contributed by atoms with E-state index in [1.807, 2.05) is 0 Å². The fourth-order valence-electron chi connectivity index (χ4n) is 1.70. The van der Waals surface area contributed by atoms with Crippen LogP contribution < -0.4 is 5.32 Å². The van der Waals surface area contributed by atoms with Crippen molar-refractivity contribution in [2.45, 2.75) is 20.3 Å². The van der Waals surface area contributed by atoms with Crippen LogP contribution in [-0.2, 0) is 0 Å². The van der Waals surface area contributed by atoms with E-state index in [1.54, 1.807) is 12.3 Å². The molecule has 4 nitrogen and oxygen atoms in total. The van der Waals surface area contributed by atoms with Crippen LogP contribution >= 0.6 is 11.6 Å². The summed E-state index contributed by atoms with van der Waals surface area (Å²) in [6, 6.07) is 1.63. The van der Waals surface area contributed by atoms with Gasteiger partial charge in [0, 0.05) is 18.9 Å². The number of carbonyl (C=O) groups excluding carboxylic acids is 1. The Bertz CT molecular complexity index is 380. The SMILES string of the molecule is CCN(CC)CCCNC(=O)c1ccncc1Cl. The number of aromatic nitrogens is 1. The molecule has 0 aliphatic carbocycles. The summed E-state index contributed by atoms with van der Waals surface area (Å²) in [6.45, 7) is 8.02. The van der Waals surface area contributed by atoms with Gasteiger partial charge in [0.25, 0.3) is 5.91 Å². The predicted octanol–water partition coefficient (Wildman–Crippen LogP) is 2.20. The molecular weight excluding hydrogens is 250 g/mol. The summed E-state index contributed by atoms with van der Waals surface area (Å²) >= 11 is 5.90. The lowest BCUT2D eigenvalue weighted by atomic mass is 10.2. The van der Waals surface area contributed by atoms with Crippen molar-refractivity contribution in [2.24, 2.45) is 0 Å². The first-order valence-corrected chi connectivity index (χ1v) is 6.66. The van der Waals surface area contributed by atoms with E-state index < -0.39 is 0 Å². The molecular formula is C13H20ClN3O. The van der Waals surface area contributed by atoms with Gasteiger partial charge in [-0.2, -0.15) is 0 Å². The van der Waals surface area contributed by atoms with E-state index in [9.17, 15) is 4.79 Å². The standard InChI is InChI=1S/C13H20ClN3O/c1-3-17(4-2)9-5-7-16-13(18)11-6-8-15-10-12(11)14/h6,8,10H,3-5,7,9H2,1-2H3,(H,16,18). The average Bonchev–Trinajstić information content (AvgIpc) is 2.39. The Morgan fingerprint density at radius 3 is 2.78 bits per heavy atom. The molecule has 5 heteroatoms. The second kappa shape index (κ2) is 8.06. The zero-order chi connectivity index (χ0) is 13.4. The first-order chi connectivity index (χ1) is 8.69. The number of amides is 1. The molecule has 1 rings (SSSR count). The van der Waals surface area contributed by atoms with Crippen LogP contribution in [0.25, 0.3) is 0 Å². The van der Waals surface area contributed by atoms with Gasteiger partial charge in [-0.25, -0.2) is 0 Å². The van der Waals surface area contributed by atoms with E-state index in [2.05, 4.69) is 29.0 Å². The zero-order valence-corrected chi connectivity index (χ0v) is 11.7. The van der Waals surface area contributed by atoms with E-state index in [0.717, 1.165) is 26.1 Å². The van der Waals surface area contributed by atoms with Crippen molar-refractivity contribution in [3.8, 4) is 0 Å². The third-order valence-electron chi connectivity index (χ3n) is 2.85. The van der Waals surface area contributed by atoms with Crippen LogP contribution in [0, 0.1) is 0 Å². The first-order valence-electron chi connectivity index (χ1n) is 6.29. The summed E-state index contributed by atoms with van der Waals surface area (Å²) in [5, 5.41) is 3.25. The maximum Gasteiger partial charge on any atom is 0.252 e. The molecule has 0 aliphatic rings. The second-order valence-electron chi connectivity index (χ2n) is 3.99. The molecule has 0 aromatic carbocycles. The minimum absolute atomic E-state index is 0.137. The molecule has 0 fully saturated rings. The Hall–Kier alpha value is -1.13. The van der Waals surface area contributed by atoms with Gasteiger partial charge in [0.1, 0.15) is 0 Å². The van der Waals surface area contributed by atoms with Gasteiger partial charge in [-0.05, 0) is 32.1 Å². The van der Waals surface area contributed by atoms with E-state index in [1.165, 1.54) is 6.20 Å². The Morgan fingerprint density at radius 1 is 1.44 bits per heavy atom. The molecule has 1 N–H and O–H groups in total. The van der Waals surface area contributed by atoms with Gasteiger partial charge in [0.2, 0.25) is 0 Å². The lowest BCUT2D eigenvalue weighted by Gasteiger charge is -2.17. The maximum atomic E-state index is 11.8. The van der Waals surface area contributed by atoms with Crippen LogP contribution in [0.5, 0.6) is 0 Å². The molecule has 0 aliphatic heterocycles. The van der Waals surface area contributed by atoms with Crippen molar-refractivity contribution in [2.75, 3.05) is 26.2 Å². The smallest absolute Gasteiger partial charge is 0.252 e. The summed E-state index contributed by atoms with van der Waals surface area (Å²) < 4.78 is 0. The van der Waals surface area contributed by atoms with Crippen molar-refractivity contribution in [3.05, 3.63) is 29.0 Å². The van der Waals surface area contributed by atoms with Crippen LogP contribution in [-0.4, -0.2) is 42.0 Å². The molecule has 0 atom stereocenters. The van der Waals surface area contributed by atoms with Gasteiger partial charge in [-0.15, -0.1) is 0 Å². The highest BCUT2D eigenvalue weighted by Crippen LogP contribution is 2.12. The van der Waals surface area contributed by atoms with Gasteiger partial charge >= 0.3 is 0 Å². The van der Waals surface area contributed by atoms with E-state index in [4.69, 9.17) is 11.6 Å². The van der Waals surface area contributed by atoms with Crippen LogP contribution in [0.1, 0.15) is 30.6 Å². The van der Waals surface area contributed by atoms with E-state index in [0.29, 0.717) is 17.1 Å². The van der Waals surface area contributed by atoms with Crippen molar-refractivity contribution in [3.63, 3.8) is 0 Å². The Kier molecular flexibility index (Phi) is 6.68. The number of hydrogen-bond acceptors (Lipinski definition) is 3. The maximum absolute atomic E-state index is 11.8. The van der Waals surface area contributed by atoms with Gasteiger partial charge in [-0.3, -0.25) is 9.78 Å². The molecule has 1 aromatic rings. The quantitative estimate of drug-likeness (QED) is 0.772. The Balaban J connectivity index is 2.32. The minimum Gasteiger partial charge on any atom is -0.352 e. The molecule has 0 spiro atoms. The number of pyridine rings is 1. The molecule has 100 valence electrons. The van der Waals surface area contributed by atoms with E-state index >= 15 is 0 Å². The first kappa shape index (κ1) is 14.9. The lowest BCUT2D eigenvalue weighted by Crippen LogP contribution is -2.30. The highest BCUT2D eigenvalue weighted by molar-refractivity contribution is 6.33. The van der Waals surface area contributed by atoms with E-state index in [-0.39, 0.29) is 5.91 Å². The number of hydrogen-bond donors (Lipinski definition) is 1. The molecule has 1 amide bonds. The monoisotopic (exact) mass is 269 g/mol. The number of rotatable bonds is 7. The molecule has 0 bridgehead atoms. The highest BCUT2D eigenvalue weighted by atomic mass is 35.5. The fraction of sp³-hybridized carbons (Fsp3) is 0.538. The third kappa shape index (κ3) is 4.63. The van der Waals surface area contributed by atoms with Gasteiger partial charge in [-0.1, -0.05) is 25.4 Å². The van der Waals surface area contributed by atoms with Gasteiger partial charge in [0.15, 0.2) is 0 Å². The Morgan fingerprint density at radius 2 is 2.17 bits per heavy atom. The van der Waals surface area contributed by atoms with Crippen molar-refractivity contribution < 1.29 is 4.79 Å². The minimum atomic E-state index is -0.137. The fourth-order valence-corrected chi connectivity index (χ4v) is 1.90. The average molecular weight is 270 g/mol. The third-order valence-corrected chi connectivity index (χ3v) is 3.15. The molecule has 1 aromatic heterocycles. The topological polar surface area (TPSA) is 45.2 Å². The van der Waals surface area contributed by atoms with Gasteiger partial charge in [0.05, 0.1) is 10.6 Å². The largest absolute Gasteiger partial charge is 0.352 e. The zero-order valence-electron chi connectivity index (χ0n) is 10.9. The van der Waals surface area contributed by atoms with Crippen molar-refractivity contribution in [1.82, 2.24) is 15.2 Å². The molecule has 0 radical (unpaired) electrons. The van der Waals surface area contributed by atoms with Crippen molar-refractivity contribution in [1.29, 1.82) is 0 Å². The van der Waals surface area contributed by atoms with Crippen LogP contribution in [0.15, 0.2) is 18.5 Å². The summed E-state index contributed by atoms with van der Waals surface area (Å²) in [4.78, 5) is 18.0. The number of halogens is 1. The predicted molar refractivity (Wildman–Crippen MR) is 74.0 cm³/mol. The second-order valence-corrected chi connectivity index (χ2v) is 4.40. The molecule has 0 saturated carbocycles. The summed E-state index contributed by atoms with van der Waals surface area (Å²) in [5.41, 5.74) is 0.481. The molecule has 0 unspecified atom stereocenters. The van der Waals surface area contributed by atoms with Crippen molar-refractivity contribution >= 4 is 17.5 Å². The number of nitrogens with zero attached hydrogens (tertiary/aromatic N) is 2. The summed E-state index contributed by atoms with van der Waals surface area (Å²) in [6.07, 6.45) is 3.99. The molecule has 1 heterocycles. The number of nitrogens with one attached hydrogen (secondary N) is 1. The molecule has 0 saturated heterocycles. The van der Waals surface area contributed by atoms with Crippen LogP contribution in [0.3, 0.4) is 0 Å². The lowest BCUT2D eigenvalue weighted by molar-refractivity contribution is 0.0952. The summed E-state index contributed by atoms with van der Waals surface area (Å²) in [7, 11) is 0. The normalized spacial score (nSPS) is 10.7. The Labute approximate surface area is 113 Å². The van der Waals surface area contributed by atoms with Crippen LogP contribution in [0.2, 0.25) is 5.02 Å². The van der Waals surface area contributed by atoms with Gasteiger partial charge < -0.3 is 10.2 Å². The molecule has 18 heavy (non-hydrogen) atoms. The number of carbonyl (C=O) groups is 1.